The average molecular weight is 340 g/mol. The molecule has 3 rings (SSSR count). The molecule has 7 heteroatoms. The minimum absolute atomic E-state index is 0. The normalized spacial score (nSPS) is 20.3. The largest absolute Gasteiger partial charge is 0.375 e. The number of morpholine rings is 1. The summed E-state index contributed by atoms with van der Waals surface area (Å²) in [6.45, 7) is 2.12. The van der Waals surface area contributed by atoms with Crippen molar-refractivity contribution in [2.75, 3.05) is 25.0 Å². The summed E-state index contributed by atoms with van der Waals surface area (Å²) in [5, 5.41) is 8.96. The van der Waals surface area contributed by atoms with Crippen LogP contribution in [0.4, 0.5) is 5.69 Å². The fraction of sp³-hybridized carbons (Fsp3) is 0.500. The van der Waals surface area contributed by atoms with Gasteiger partial charge in [0.05, 0.1) is 30.4 Å². The van der Waals surface area contributed by atoms with E-state index in [4.69, 9.17) is 4.74 Å². The first-order valence-electron chi connectivity index (χ1n) is 7.74. The highest BCUT2D eigenvalue weighted by Crippen LogP contribution is 2.21. The predicted octanol–water partition coefficient (Wildman–Crippen LogP) is 1.32. The van der Waals surface area contributed by atoms with Crippen molar-refractivity contribution in [2.45, 2.75) is 31.4 Å². The molecule has 1 saturated carbocycles. The Bertz CT molecular complexity index is 557. The van der Waals surface area contributed by atoms with Crippen molar-refractivity contribution in [2.24, 2.45) is 0 Å². The molecular weight excluding hydrogens is 318 g/mol. The predicted molar refractivity (Wildman–Crippen MR) is 90.0 cm³/mol. The molecule has 1 aromatic carbocycles. The molecular formula is C16H22ClN3O3. The van der Waals surface area contributed by atoms with Crippen LogP contribution in [0, 0.1) is 0 Å². The van der Waals surface area contributed by atoms with Gasteiger partial charge in [0.25, 0.3) is 5.91 Å². The van der Waals surface area contributed by atoms with Crippen molar-refractivity contribution < 1.29 is 14.3 Å². The zero-order valence-corrected chi connectivity index (χ0v) is 13.7. The Morgan fingerprint density at radius 3 is 2.74 bits per heavy atom. The number of nitrogens with one attached hydrogen (secondary N) is 3. The highest BCUT2D eigenvalue weighted by atomic mass is 35.5. The summed E-state index contributed by atoms with van der Waals surface area (Å²) in [4.78, 5) is 24.3. The first-order chi connectivity index (χ1) is 10.7. The van der Waals surface area contributed by atoms with Crippen LogP contribution in [-0.4, -0.2) is 43.7 Å². The zero-order valence-electron chi connectivity index (χ0n) is 12.8. The van der Waals surface area contributed by atoms with Crippen LogP contribution in [0.25, 0.3) is 0 Å². The Labute approximate surface area is 141 Å². The molecule has 0 aromatic heterocycles. The van der Waals surface area contributed by atoms with E-state index in [1.807, 2.05) is 6.07 Å². The average Bonchev–Trinajstić information content (AvgIpc) is 3.32. The summed E-state index contributed by atoms with van der Waals surface area (Å²) in [6, 6.07) is 7.37. The number of para-hydroxylation sites is 1. The summed E-state index contributed by atoms with van der Waals surface area (Å²) in [7, 11) is 0. The van der Waals surface area contributed by atoms with E-state index < -0.39 is 0 Å². The van der Waals surface area contributed by atoms with Gasteiger partial charge < -0.3 is 20.7 Å². The van der Waals surface area contributed by atoms with Gasteiger partial charge in [0, 0.05) is 19.1 Å². The first kappa shape index (κ1) is 17.7. The SMILES string of the molecule is Cl.O=C(CC1CNCCO1)Nc1ccccc1C(=O)NC1CC1. The number of halogens is 1. The molecule has 0 bridgehead atoms. The number of anilines is 1. The number of ether oxygens (including phenoxy) is 1. The van der Waals surface area contributed by atoms with Crippen molar-refractivity contribution in [3.63, 3.8) is 0 Å². The molecule has 1 aromatic rings. The lowest BCUT2D eigenvalue weighted by Crippen LogP contribution is -2.40. The third kappa shape index (κ3) is 5.20. The van der Waals surface area contributed by atoms with E-state index in [0.29, 0.717) is 24.4 Å². The summed E-state index contributed by atoms with van der Waals surface area (Å²) in [5.74, 6) is -0.269. The van der Waals surface area contributed by atoms with E-state index in [9.17, 15) is 9.59 Å². The Kier molecular flexibility index (Phi) is 6.38. The van der Waals surface area contributed by atoms with Gasteiger partial charge in [-0.15, -0.1) is 12.4 Å². The van der Waals surface area contributed by atoms with Gasteiger partial charge in [-0.3, -0.25) is 9.59 Å². The lowest BCUT2D eigenvalue weighted by Gasteiger charge is -2.23. The quantitative estimate of drug-likeness (QED) is 0.756. The number of rotatable bonds is 5. The highest BCUT2D eigenvalue weighted by molar-refractivity contribution is 6.04. The number of hydrogen-bond donors (Lipinski definition) is 3. The molecule has 1 aliphatic carbocycles. The maximum atomic E-state index is 12.2. The van der Waals surface area contributed by atoms with Crippen LogP contribution >= 0.6 is 12.4 Å². The fourth-order valence-corrected chi connectivity index (χ4v) is 2.44. The molecule has 0 radical (unpaired) electrons. The van der Waals surface area contributed by atoms with E-state index >= 15 is 0 Å². The molecule has 1 saturated heterocycles. The minimum atomic E-state index is -0.139. The fourth-order valence-electron chi connectivity index (χ4n) is 2.44. The van der Waals surface area contributed by atoms with Crippen molar-refractivity contribution >= 4 is 29.9 Å². The molecule has 6 nitrogen and oxygen atoms in total. The molecule has 2 fully saturated rings. The lowest BCUT2D eigenvalue weighted by atomic mass is 10.1. The molecule has 23 heavy (non-hydrogen) atoms. The second-order valence-electron chi connectivity index (χ2n) is 5.74. The second-order valence-corrected chi connectivity index (χ2v) is 5.74. The van der Waals surface area contributed by atoms with Gasteiger partial charge in [-0.2, -0.15) is 0 Å². The summed E-state index contributed by atoms with van der Waals surface area (Å²) in [5.41, 5.74) is 1.06. The minimum Gasteiger partial charge on any atom is -0.375 e. The molecule has 0 spiro atoms. The molecule has 126 valence electrons. The van der Waals surface area contributed by atoms with Crippen LogP contribution < -0.4 is 16.0 Å². The van der Waals surface area contributed by atoms with Gasteiger partial charge >= 0.3 is 0 Å². The van der Waals surface area contributed by atoms with E-state index in [1.54, 1.807) is 18.2 Å². The highest BCUT2D eigenvalue weighted by Gasteiger charge is 2.25. The molecule has 1 heterocycles. The second kappa shape index (κ2) is 8.29. The van der Waals surface area contributed by atoms with Crippen LogP contribution in [0.5, 0.6) is 0 Å². The van der Waals surface area contributed by atoms with Crippen molar-refractivity contribution in [1.82, 2.24) is 10.6 Å². The third-order valence-corrected chi connectivity index (χ3v) is 3.78. The first-order valence-corrected chi connectivity index (χ1v) is 7.74. The van der Waals surface area contributed by atoms with E-state index in [-0.39, 0.29) is 42.8 Å². The number of hydrogen-bond acceptors (Lipinski definition) is 4. The van der Waals surface area contributed by atoms with Gasteiger partial charge in [-0.1, -0.05) is 12.1 Å². The van der Waals surface area contributed by atoms with Crippen LogP contribution in [0.1, 0.15) is 29.6 Å². The summed E-state index contributed by atoms with van der Waals surface area (Å²) >= 11 is 0. The number of carbonyl (C=O) groups is 2. The van der Waals surface area contributed by atoms with Gasteiger partial charge in [0.15, 0.2) is 0 Å². The topological polar surface area (TPSA) is 79.5 Å². The maximum Gasteiger partial charge on any atom is 0.253 e. The van der Waals surface area contributed by atoms with E-state index in [0.717, 1.165) is 19.4 Å². The van der Waals surface area contributed by atoms with Gasteiger partial charge in [-0.25, -0.2) is 0 Å². The zero-order chi connectivity index (χ0) is 15.4. The molecule has 1 atom stereocenters. The Balaban J connectivity index is 0.00000192. The van der Waals surface area contributed by atoms with Crippen LogP contribution in [0.3, 0.4) is 0 Å². The van der Waals surface area contributed by atoms with Crippen LogP contribution in [0.15, 0.2) is 24.3 Å². The number of amides is 2. The standard InChI is InChI=1S/C16H21N3O3.ClH/c20-15(9-12-10-17-7-8-22-12)19-14-4-2-1-3-13(14)16(21)18-11-5-6-11;/h1-4,11-12,17H,5-10H2,(H,18,21)(H,19,20);1H. The van der Waals surface area contributed by atoms with Crippen LogP contribution in [-0.2, 0) is 9.53 Å². The molecule has 1 aliphatic heterocycles. The van der Waals surface area contributed by atoms with E-state index in [1.165, 1.54) is 0 Å². The van der Waals surface area contributed by atoms with Crippen molar-refractivity contribution in [3.05, 3.63) is 29.8 Å². The smallest absolute Gasteiger partial charge is 0.253 e. The Hall–Kier alpha value is -1.63. The monoisotopic (exact) mass is 339 g/mol. The molecule has 3 N–H and O–H groups in total. The number of carbonyl (C=O) groups excluding carboxylic acids is 2. The Morgan fingerprint density at radius 2 is 2.04 bits per heavy atom. The van der Waals surface area contributed by atoms with Gasteiger partial charge in [0.2, 0.25) is 5.91 Å². The van der Waals surface area contributed by atoms with Gasteiger partial charge in [0.1, 0.15) is 0 Å². The molecule has 2 aliphatic rings. The molecule has 2 amide bonds. The Morgan fingerprint density at radius 1 is 1.26 bits per heavy atom. The summed E-state index contributed by atoms with van der Waals surface area (Å²) in [6.07, 6.45) is 2.24. The van der Waals surface area contributed by atoms with Crippen molar-refractivity contribution in [1.29, 1.82) is 0 Å². The van der Waals surface area contributed by atoms with Crippen molar-refractivity contribution in [3.8, 4) is 0 Å². The van der Waals surface area contributed by atoms with Gasteiger partial charge in [-0.05, 0) is 25.0 Å². The van der Waals surface area contributed by atoms with E-state index in [2.05, 4.69) is 16.0 Å². The molecule has 1 unspecified atom stereocenters. The summed E-state index contributed by atoms with van der Waals surface area (Å²) < 4.78 is 5.52. The third-order valence-electron chi connectivity index (χ3n) is 3.78. The maximum absolute atomic E-state index is 12.2. The van der Waals surface area contributed by atoms with Crippen LogP contribution in [0.2, 0.25) is 0 Å². The lowest BCUT2D eigenvalue weighted by molar-refractivity contribution is -0.119. The number of benzene rings is 1.